The van der Waals surface area contributed by atoms with Gasteiger partial charge in [0.05, 0.1) is 0 Å². The van der Waals surface area contributed by atoms with E-state index in [1.165, 1.54) is 22.3 Å². The third kappa shape index (κ3) is 8.15. The van der Waals surface area contributed by atoms with E-state index in [1.54, 1.807) is 0 Å². The topological polar surface area (TPSA) is 6.48 Å². The van der Waals surface area contributed by atoms with Gasteiger partial charge in [0, 0.05) is 34.1 Å². The number of benzene rings is 8. The van der Waals surface area contributed by atoms with Crippen LogP contribution >= 0.6 is 0 Å². The molecular weight excluding hydrogens is 653 g/mol. The van der Waals surface area contributed by atoms with Crippen molar-refractivity contribution in [2.24, 2.45) is 0 Å². The molecule has 0 heterocycles. The lowest BCUT2D eigenvalue weighted by molar-refractivity contribution is 1.28. The lowest BCUT2D eigenvalue weighted by Gasteiger charge is -2.26. The molecule has 0 aliphatic carbocycles. The number of rotatable bonds is 11. The Balaban J connectivity index is 1.05. The van der Waals surface area contributed by atoms with Crippen molar-refractivity contribution in [3.8, 4) is 11.1 Å². The van der Waals surface area contributed by atoms with Crippen LogP contribution in [0.4, 0.5) is 34.1 Å². The predicted molar refractivity (Wildman–Crippen MR) is 232 cm³/mol. The molecule has 8 aromatic carbocycles. The predicted octanol–water partition coefficient (Wildman–Crippen LogP) is 14.6. The molecule has 0 radical (unpaired) electrons. The fourth-order valence-corrected chi connectivity index (χ4v) is 6.67. The van der Waals surface area contributed by atoms with E-state index in [9.17, 15) is 0 Å². The standard InChI is InChI=1S/C52H40N2/c1-5-14-41(15-6-1)24-25-43-28-34-49(35-29-43)53(47-19-9-3-10-20-47)50-36-30-45(31-37-50)46-32-38-51(39-33-46)54(48-21-11-4-12-22-48)52-23-13-18-44(40-52)27-26-42-16-7-2-8-17-42/h1-40H. The van der Waals surface area contributed by atoms with Gasteiger partial charge in [0.1, 0.15) is 0 Å². The molecule has 8 rings (SSSR count). The average molecular weight is 693 g/mol. The van der Waals surface area contributed by atoms with Gasteiger partial charge in [-0.05, 0) is 106 Å². The minimum Gasteiger partial charge on any atom is -0.311 e. The van der Waals surface area contributed by atoms with Crippen molar-refractivity contribution in [3.63, 3.8) is 0 Å². The summed E-state index contributed by atoms with van der Waals surface area (Å²) in [7, 11) is 0. The summed E-state index contributed by atoms with van der Waals surface area (Å²) in [4.78, 5) is 4.62. The van der Waals surface area contributed by atoms with Crippen molar-refractivity contribution >= 4 is 58.4 Å². The van der Waals surface area contributed by atoms with Crippen LogP contribution in [-0.2, 0) is 0 Å². The summed E-state index contributed by atoms with van der Waals surface area (Å²) in [6.45, 7) is 0. The van der Waals surface area contributed by atoms with Gasteiger partial charge in [0.15, 0.2) is 0 Å². The van der Waals surface area contributed by atoms with Gasteiger partial charge in [-0.3, -0.25) is 0 Å². The third-order valence-corrected chi connectivity index (χ3v) is 9.43. The second-order valence-corrected chi connectivity index (χ2v) is 13.1. The minimum absolute atomic E-state index is 1.10. The molecule has 0 N–H and O–H groups in total. The molecule has 0 atom stereocenters. The van der Waals surface area contributed by atoms with Crippen LogP contribution in [0, 0.1) is 0 Å². The first kappa shape index (κ1) is 34.0. The van der Waals surface area contributed by atoms with Gasteiger partial charge in [0.25, 0.3) is 0 Å². The molecule has 54 heavy (non-hydrogen) atoms. The second kappa shape index (κ2) is 16.5. The molecule has 0 aromatic heterocycles. The highest BCUT2D eigenvalue weighted by molar-refractivity contribution is 5.82. The summed E-state index contributed by atoms with van der Waals surface area (Å²) in [5.74, 6) is 0. The van der Waals surface area contributed by atoms with Crippen LogP contribution in [0.3, 0.4) is 0 Å². The third-order valence-electron chi connectivity index (χ3n) is 9.43. The van der Waals surface area contributed by atoms with Crippen molar-refractivity contribution in [1.29, 1.82) is 0 Å². The van der Waals surface area contributed by atoms with E-state index in [4.69, 9.17) is 0 Å². The van der Waals surface area contributed by atoms with Gasteiger partial charge in [-0.1, -0.05) is 170 Å². The van der Waals surface area contributed by atoms with Gasteiger partial charge in [0.2, 0.25) is 0 Å². The first-order valence-electron chi connectivity index (χ1n) is 18.3. The monoisotopic (exact) mass is 692 g/mol. The molecule has 0 fully saturated rings. The molecular formula is C52H40N2. The van der Waals surface area contributed by atoms with Gasteiger partial charge < -0.3 is 9.80 Å². The van der Waals surface area contributed by atoms with Gasteiger partial charge in [-0.2, -0.15) is 0 Å². The van der Waals surface area contributed by atoms with Crippen LogP contribution in [0.1, 0.15) is 22.3 Å². The van der Waals surface area contributed by atoms with Crippen molar-refractivity contribution in [1.82, 2.24) is 0 Å². The Morgan fingerprint density at radius 1 is 0.222 bits per heavy atom. The molecule has 2 heteroatoms. The van der Waals surface area contributed by atoms with E-state index in [0.717, 1.165) is 45.3 Å². The molecule has 0 aliphatic heterocycles. The molecule has 0 unspecified atom stereocenters. The van der Waals surface area contributed by atoms with E-state index in [1.807, 2.05) is 12.1 Å². The van der Waals surface area contributed by atoms with Crippen LogP contribution in [0.25, 0.3) is 35.4 Å². The Hall–Kier alpha value is -7.16. The van der Waals surface area contributed by atoms with Crippen LogP contribution in [0.15, 0.2) is 218 Å². The van der Waals surface area contributed by atoms with E-state index >= 15 is 0 Å². The second-order valence-electron chi connectivity index (χ2n) is 13.1. The fourth-order valence-electron chi connectivity index (χ4n) is 6.67. The molecule has 0 bridgehead atoms. The zero-order valence-corrected chi connectivity index (χ0v) is 30.0. The maximum Gasteiger partial charge on any atom is 0.0467 e. The van der Waals surface area contributed by atoms with E-state index in [0.29, 0.717) is 0 Å². The summed E-state index contributed by atoms with van der Waals surface area (Å²) in [5, 5.41) is 0. The van der Waals surface area contributed by atoms with Gasteiger partial charge in [-0.25, -0.2) is 0 Å². The molecule has 8 aromatic rings. The van der Waals surface area contributed by atoms with Crippen molar-refractivity contribution in [2.45, 2.75) is 0 Å². The first-order chi connectivity index (χ1) is 26.8. The lowest BCUT2D eigenvalue weighted by atomic mass is 10.0. The molecule has 0 saturated carbocycles. The number of hydrogen-bond donors (Lipinski definition) is 0. The Morgan fingerprint density at radius 2 is 0.519 bits per heavy atom. The van der Waals surface area contributed by atoms with Crippen LogP contribution in [0.5, 0.6) is 0 Å². The number of hydrogen-bond acceptors (Lipinski definition) is 2. The van der Waals surface area contributed by atoms with Crippen molar-refractivity contribution in [2.75, 3.05) is 9.80 Å². The average Bonchev–Trinajstić information content (AvgIpc) is 3.25. The Labute approximate surface area is 318 Å². The van der Waals surface area contributed by atoms with Crippen LogP contribution in [-0.4, -0.2) is 0 Å². The Morgan fingerprint density at radius 3 is 0.963 bits per heavy atom. The smallest absolute Gasteiger partial charge is 0.0467 e. The van der Waals surface area contributed by atoms with E-state index in [-0.39, 0.29) is 0 Å². The molecule has 258 valence electrons. The number of para-hydroxylation sites is 2. The summed E-state index contributed by atoms with van der Waals surface area (Å²) in [6, 6.07) is 77.1. The van der Waals surface area contributed by atoms with E-state index in [2.05, 4.69) is 240 Å². The van der Waals surface area contributed by atoms with Crippen LogP contribution in [0.2, 0.25) is 0 Å². The molecule has 0 saturated heterocycles. The van der Waals surface area contributed by atoms with Crippen molar-refractivity contribution in [3.05, 3.63) is 241 Å². The van der Waals surface area contributed by atoms with Crippen molar-refractivity contribution < 1.29 is 0 Å². The highest BCUT2D eigenvalue weighted by Crippen LogP contribution is 2.38. The summed E-state index contributed by atoms with van der Waals surface area (Å²) >= 11 is 0. The molecule has 0 spiro atoms. The number of anilines is 6. The molecule has 0 aliphatic rings. The fraction of sp³-hybridized carbons (Fsp3) is 0. The summed E-state index contributed by atoms with van der Waals surface area (Å²) < 4.78 is 0. The normalized spacial score (nSPS) is 11.2. The zero-order chi connectivity index (χ0) is 36.4. The maximum absolute atomic E-state index is 2.31. The Bertz CT molecular complexity index is 2440. The first-order valence-corrected chi connectivity index (χ1v) is 18.3. The lowest BCUT2D eigenvalue weighted by Crippen LogP contribution is -2.10. The van der Waals surface area contributed by atoms with Gasteiger partial charge in [-0.15, -0.1) is 0 Å². The minimum atomic E-state index is 1.10. The molecule has 0 amide bonds. The van der Waals surface area contributed by atoms with Gasteiger partial charge >= 0.3 is 0 Å². The summed E-state index contributed by atoms with van der Waals surface area (Å²) in [5.41, 5.74) is 13.6. The van der Waals surface area contributed by atoms with E-state index < -0.39 is 0 Å². The highest BCUT2D eigenvalue weighted by atomic mass is 15.1. The Kier molecular flexibility index (Phi) is 10.3. The number of nitrogens with zero attached hydrogens (tertiary/aromatic N) is 2. The van der Waals surface area contributed by atoms with Crippen LogP contribution < -0.4 is 9.80 Å². The SMILES string of the molecule is C(=Cc1ccc(N(c2ccccc2)c2ccc(-c3ccc(N(c4ccccc4)c4cccc(C=Cc5ccccc5)c4)cc3)cc2)cc1)c1ccccc1. The molecule has 2 nitrogen and oxygen atoms in total. The maximum atomic E-state index is 2.31. The summed E-state index contributed by atoms with van der Waals surface area (Å²) in [6.07, 6.45) is 8.64. The zero-order valence-electron chi connectivity index (χ0n) is 30.0. The quantitative estimate of drug-likeness (QED) is 0.125. The highest BCUT2D eigenvalue weighted by Gasteiger charge is 2.15. The largest absolute Gasteiger partial charge is 0.311 e.